The molecule has 0 bridgehead atoms. The molecular formula is C23H20N4S. The molecule has 0 unspecified atom stereocenters. The Morgan fingerprint density at radius 1 is 0.857 bits per heavy atom. The van der Waals surface area contributed by atoms with Crippen molar-refractivity contribution in [2.45, 2.75) is 12.3 Å². The maximum absolute atomic E-state index is 5.68. The Kier molecular flexibility index (Phi) is 4.37. The number of likely N-dealkylation sites (tertiary alicyclic amines) is 1. The zero-order chi connectivity index (χ0) is 18.9. The highest BCUT2D eigenvalue weighted by molar-refractivity contribution is 7.80. The summed E-state index contributed by atoms with van der Waals surface area (Å²) in [5.41, 5.74) is 5.91. The predicted octanol–water partition coefficient (Wildman–Crippen LogP) is 4.97. The van der Waals surface area contributed by atoms with Crippen molar-refractivity contribution in [3.05, 3.63) is 78.4 Å². The molecule has 0 saturated carbocycles. The monoisotopic (exact) mass is 384 g/mol. The summed E-state index contributed by atoms with van der Waals surface area (Å²) in [4.78, 5) is 11.7. The van der Waals surface area contributed by atoms with E-state index in [2.05, 4.69) is 45.5 Å². The van der Waals surface area contributed by atoms with Crippen LogP contribution < -0.4 is 5.32 Å². The maximum Gasteiger partial charge on any atom is 0.173 e. The summed E-state index contributed by atoms with van der Waals surface area (Å²) in [5, 5.41) is 4.16. The second-order valence-corrected chi connectivity index (χ2v) is 7.57. The molecule has 0 amide bonds. The van der Waals surface area contributed by atoms with Crippen molar-refractivity contribution >= 4 is 45.1 Å². The van der Waals surface area contributed by atoms with Crippen molar-refractivity contribution in [1.82, 2.24) is 14.9 Å². The minimum absolute atomic E-state index is 0.537. The Bertz CT molecular complexity index is 1160. The molecule has 1 aromatic heterocycles. The molecule has 138 valence electrons. The second kappa shape index (κ2) is 7.17. The van der Waals surface area contributed by atoms with Crippen LogP contribution in [0.3, 0.4) is 0 Å². The molecule has 3 aromatic carbocycles. The molecule has 5 rings (SSSR count). The Labute approximate surface area is 169 Å². The number of nitrogens with one attached hydrogen (secondary N) is 1. The first kappa shape index (κ1) is 17.1. The summed E-state index contributed by atoms with van der Waals surface area (Å²) >= 11 is 5.68. The SMILES string of the molecule is S=C(Nc1ccc2nc3ccccc3nc2c1)N1CC[C@H](c2ccccc2)C1. The van der Waals surface area contributed by atoms with Crippen molar-refractivity contribution in [3.63, 3.8) is 0 Å². The molecule has 1 saturated heterocycles. The van der Waals surface area contributed by atoms with Gasteiger partial charge < -0.3 is 10.2 Å². The van der Waals surface area contributed by atoms with Gasteiger partial charge in [0, 0.05) is 24.7 Å². The summed E-state index contributed by atoms with van der Waals surface area (Å²) in [7, 11) is 0. The van der Waals surface area contributed by atoms with Crippen LogP contribution in [0.2, 0.25) is 0 Å². The lowest BCUT2D eigenvalue weighted by molar-refractivity contribution is 0.518. The molecule has 4 nitrogen and oxygen atoms in total. The van der Waals surface area contributed by atoms with Crippen molar-refractivity contribution < 1.29 is 0 Å². The number of hydrogen-bond acceptors (Lipinski definition) is 3. The lowest BCUT2D eigenvalue weighted by atomic mass is 9.99. The number of rotatable bonds is 2. The lowest BCUT2D eigenvalue weighted by Gasteiger charge is -2.21. The number of anilines is 1. The largest absolute Gasteiger partial charge is 0.348 e. The van der Waals surface area contributed by atoms with E-state index in [0.717, 1.165) is 52.4 Å². The maximum atomic E-state index is 5.68. The van der Waals surface area contributed by atoms with Gasteiger partial charge in [-0.05, 0) is 54.5 Å². The van der Waals surface area contributed by atoms with Crippen molar-refractivity contribution in [3.8, 4) is 0 Å². The number of para-hydroxylation sites is 2. The summed E-state index contributed by atoms with van der Waals surface area (Å²) in [6, 6.07) is 24.7. The van der Waals surface area contributed by atoms with Crippen LogP contribution in [0, 0.1) is 0 Å². The van der Waals surface area contributed by atoms with E-state index in [1.165, 1.54) is 5.56 Å². The van der Waals surface area contributed by atoms with Crippen LogP contribution in [-0.4, -0.2) is 33.1 Å². The van der Waals surface area contributed by atoms with Crippen molar-refractivity contribution in [2.75, 3.05) is 18.4 Å². The molecule has 1 fully saturated rings. The second-order valence-electron chi connectivity index (χ2n) is 7.19. The zero-order valence-corrected chi connectivity index (χ0v) is 16.2. The van der Waals surface area contributed by atoms with Crippen LogP contribution in [0.1, 0.15) is 17.9 Å². The number of hydrogen-bond donors (Lipinski definition) is 1. The van der Waals surface area contributed by atoms with Gasteiger partial charge in [0.25, 0.3) is 0 Å². The molecule has 28 heavy (non-hydrogen) atoms. The zero-order valence-electron chi connectivity index (χ0n) is 15.4. The molecular weight excluding hydrogens is 364 g/mol. The fraction of sp³-hybridized carbons (Fsp3) is 0.174. The van der Waals surface area contributed by atoms with Gasteiger partial charge >= 0.3 is 0 Å². The van der Waals surface area contributed by atoms with Gasteiger partial charge in [-0.1, -0.05) is 42.5 Å². The van der Waals surface area contributed by atoms with E-state index in [-0.39, 0.29) is 0 Å². The molecule has 1 aliphatic rings. The van der Waals surface area contributed by atoms with Gasteiger partial charge in [-0.2, -0.15) is 0 Å². The average Bonchev–Trinajstić information content (AvgIpc) is 3.23. The van der Waals surface area contributed by atoms with Crippen LogP contribution >= 0.6 is 12.2 Å². The van der Waals surface area contributed by atoms with Crippen LogP contribution in [0.5, 0.6) is 0 Å². The molecule has 0 radical (unpaired) electrons. The van der Waals surface area contributed by atoms with Crippen molar-refractivity contribution in [1.29, 1.82) is 0 Å². The summed E-state index contributed by atoms with van der Waals surface area (Å²) in [6.45, 7) is 1.93. The molecule has 1 N–H and O–H groups in total. The molecule has 1 atom stereocenters. The molecule has 1 aliphatic heterocycles. The van der Waals surface area contributed by atoms with Gasteiger partial charge in [0.05, 0.1) is 22.1 Å². The molecule has 0 spiro atoms. The summed E-state index contributed by atoms with van der Waals surface area (Å²) in [6.07, 6.45) is 1.13. The third kappa shape index (κ3) is 3.29. The van der Waals surface area contributed by atoms with Crippen LogP contribution in [-0.2, 0) is 0 Å². The van der Waals surface area contributed by atoms with Gasteiger partial charge in [0.1, 0.15) is 0 Å². The quantitative estimate of drug-likeness (QED) is 0.390. The summed E-state index contributed by atoms with van der Waals surface area (Å²) < 4.78 is 0. The molecule has 0 aliphatic carbocycles. The van der Waals surface area contributed by atoms with Gasteiger partial charge in [-0.15, -0.1) is 0 Å². The number of aromatic nitrogens is 2. The van der Waals surface area contributed by atoms with Gasteiger partial charge in [0.15, 0.2) is 5.11 Å². The van der Waals surface area contributed by atoms with Crippen LogP contribution in [0.4, 0.5) is 5.69 Å². The minimum atomic E-state index is 0.537. The fourth-order valence-electron chi connectivity index (χ4n) is 3.84. The van der Waals surface area contributed by atoms with E-state index >= 15 is 0 Å². The first-order valence-electron chi connectivity index (χ1n) is 9.54. The normalized spacial score (nSPS) is 16.6. The highest BCUT2D eigenvalue weighted by atomic mass is 32.1. The Hall–Kier alpha value is -3.05. The van der Waals surface area contributed by atoms with E-state index in [4.69, 9.17) is 17.2 Å². The molecule has 5 heteroatoms. The van der Waals surface area contributed by atoms with E-state index < -0.39 is 0 Å². The highest BCUT2D eigenvalue weighted by Crippen LogP contribution is 2.28. The predicted molar refractivity (Wildman–Crippen MR) is 119 cm³/mol. The smallest absolute Gasteiger partial charge is 0.173 e. The van der Waals surface area contributed by atoms with Gasteiger partial charge in [0.2, 0.25) is 0 Å². The highest BCUT2D eigenvalue weighted by Gasteiger charge is 2.25. The average molecular weight is 385 g/mol. The van der Waals surface area contributed by atoms with Crippen molar-refractivity contribution in [2.24, 2.45) is 0 Å². The first-order valence-corrected chi connectivity index (χ1v) is 9.94. The third-order valence-corrected chi connectivity index (χ3v) is 5.70. The molecule has 4 aromatic rings. The minimum Gasteiger partial charge on any atom is -0.348 e. The number of fused-ring (bicyclic) bond motifs is 2. The first-order chi connectivity index (χ1) is 13.8. The molecule has 2 heterocycles. The van der Waals surface area contributed by atoms with Gasteiger partial charge in [-0.25, -0.2) is 9.97 Å². The number of nitrogens with zero attached hydrogens (tertiary/aromatic N) is 3. The topological polar surface area (TPSA) is 41.1 Å². The lowest BCUT2D eigenvalue weighted by Crippen LogP contribution is -2.32. The number of thiocarbonyl (C=S) groups is 1. The van der Waals surface area contributed by atoms with Gasteiger partial charge in [-0.3, -0.25) is 0 Å². The van der Waals surface area contributed by atoms with E-state index in [1.54, 1.807) is 0 Å². The Morgan fingerprint density at radius 2 is 1.54 bits per heavy atom. The Balaban J connectivity index is 1.33. The van der Waals surface area contributed by atoms with Crippen LogP contribution in [0.25, 0.3) is 22.1 Å². The Morgan fingerprint density at radius 3 is 2.32 bits per heavy atom. The van der Waals surface area contributed by atoms with E-state index in [1.807, 2.05) is 42.5 Å². The van der Waals surface area contributed by atoms with E-state index in [9.17, 15) is 0 Å². The van der Waals surface area contributed by atoms with E-state index in [0.29, 0.717) is 5.92 Å². The fourth-order valence-corrected chi connectivity index (χ4v) is 4.13. The third-order valence-electron chi connectivity index (χ3n) is 5.34. The summed E-state index contributed by atoms with van der Waals surface area (Å²) in [5.74, 6) is 0.537. The van der Waals surface area contributed by atoms with Crippen LogP contribution in [0.15, 0.2) is 72.8 Å². The standard InChI is InChI=1S/C23H20N4S/c28-23(27-13-12-17(15-27)16-6-2-1-3-7-16)24-18-10-11-21-22(14-18)26-20-9-5-4-8-19(20)25-21/h1-11,14,17H,12-13,15H2,(H,24,28)/t17-/m0/s1. The number of benzene rings is 3.